The summed E-state index contributed by atoms with van der Waals surface area (Å²) in [6.45, 7) is 8.29. The van der Waals surface area contributed by atoms with Gasteiger partial charge < -0.3 is 15.2 Å². The minimum atomic E-state index is -0.779. The summed E-state index contributed by atoms with van der Waals surface area (Å²) in [4.78, 5) is 12.9. The zero-order valence-corrected chi connectivity index (χ0v) is 16.9. The summed E-state index contributed by atoms with van der Waals surface area (Å²) in [5.41, 5.74) is 6.37. The van der Waals surface area contributed by atoms with Crippen molar-refractivity contribution in [2.45, 2.75) is 33.8 Å². The van der Waals surface area contributed by atoms with Crippen LogP contribution in [-0.4, -0.2) is 11.0 Å². The van der Waals surface area contributed by atoms with E-state index in [1.807, 2.05) is 48.5 Å². The zero-order valence-electron chi connectivity index (χ0n) is 16.1. The first-order valence-corrected chi connectivity index (χ1v) is 9.38. The lowest BCUT2D eigenvalue weighted by Gasteiger charge is -2.18. The number of nitrogens with two attached hydrogens (primary N) is 1. The van der Waals surface area contributed by atoms with Gasteiger partial charge in [-0.3, -0.25) is 4.79 Å². The molecule has 2 aromatic rings. The van der Waals surface area contributed by atoms with Crippen molar-refractivity contribution in [1.82, 2.24) is 0 Å². The van der Waals surface area contributed by atoms with Crippen LogP contribution < -0.4 is 10.5 Å². The topological polar surface area (TPSA) is 61.5 Å². The molecule has 2 aromatic carbocycles. The summed E-state index contributed by atoms with van der Waals surface area (Å²) in [5.74, 6) is 0.908. The molecule has 0 heterocycles. The lowest BCUT2D eigenvalue weighted by Crippen LogP contribution is -2.26. The smallest absolute Gasteiger partial charge is 0.311 e. The molecule has 1 fully saturated rings. The molecule has 1 saturated carbocycles. The summed E-state index contributed by atoms with van der Waals surface area (Å²) in [7, 11) is 0. The summed E-state index contributed by atoms with van der Waals surface area (Å²) in [6, 6.07) is 16.8. The molecule has 4 nitrogen and oxygen atoms in total. The average molecular weight is 384 g/mol. The van der Waals surface area contributed by atoms with E-state index in [2.05, 4.69) is 27.7 Å². The predicted octanol–water partition coefficient (Wildman–Crippen LogP) is 5.03. The number of benzene rings is 2. The van der Waals surface area contributed by atoms with Gasteiger partial charge in [-0.2, -0.15) is 0 Å². The lowest BCUT2D eigenvalue weighted by molar-refractivity contribution is -0.149. The minimum Gasteiger partial charge on any atom is -0.457 e. The fourth-order valence-electron chi connectivity index (χ4n) is 3.63. The Morgan fingerprint density at radius 2 is 1.59 bits per heavy atom. The van der Waals surface area contributed by atoms with Crippen LogP contribution in [0.1, 0.15) is 39.4 Å². The van der Waals surface area contributed by atoms with Gasteiger partial charge in [0.05, 0.1) is 5.92 Å². The van der Waals surface area contributed by atoms with E-state index in [4.69, 9.17) is 27.4 Å². The molecular formula is C22H25NO3S. The second-order valence-electron chi connectivity index (χ2n) is 8.08. The van der Waals surface area contributed by atoms with Crippen molar-refractivity contribution >= 4 is 23.2 Å². The molecule has 0 amide bonds. The molecule has 5 heteroatoms. The quantitative estimate of drug-likeness (QED) is 0.560. The van der Waals surface area contributed by atoms with Crippen LogP contribution in [0.4, 0.5) is 0 Å². The zero-order chi connectivity index (χ0) is 19.8. The number of rotatable bonds is 6. The van der Waals surface area contributed by atoms with E-state index in [1.54, 1.807) is 6.07 Å². The van der Waals surface area contributed by atoms with E-state index < -0.39 is 6.10 Å². The Kier molecular flexibility index (Phi) is 5.00. The molecule has 1 unspecified atom stereocenters. The molecule has 2 N–H and O–H groups in total. The van der Waals surface area contributed by atoms with Crippen LogP contribution in [0.25, 0.3) is 0 Å². The van der Waals surface area contributed by atoms with Crippen molar-refractivity contribution in [3.05, 3.63) is 60.2 Å². The summed E-state index contributed by atoms with van der Waals surface area (Å²) < 4.78 is 11.6. The van der Waals surface area contributed by atoms with E-state index >= 15 is 0 Å². The molecule has 1 aliphatic carbocycles. The van der Waals surface area contributed by atoms with E-state index in [9.17, 15) is 4.79 Å². The number of carbonyl (C=O) groups excluding carboxylic acids is 1. The maximum atomic E-state index is 12.7. The molecule has 1 aliphatic rings. The largest absolute Gasteiger partial charge is 0.457 e. The Bertz CT molecular complexity index is 847. The Labute approximate surface area is 165 Å². The fraction of sp³-hybridized carbons (Fsp3) is 0.364. The second-order valence-corrected chi connectivity index (χ2v) is 8.55. The SMILES string of the molecule is CC1(C)C(C(=O)OC(C(N)=S)c2cccc(Oc3ccccc3)c2)C1(C)C. The molecule has 0 radical (unpaired) electrons. The van der Waals surface area contributed by atoms with Gasteiger partial charge in [0, 0.05) is 5.56 Å². The van der Waals surface area contributed by atoms with Crippen molar-refractivity contribution in [1.29, 1.82) is 0 Å². The highest BCUT2D eigenvalue weighted by atomic mass is 32.1. The third kappa shape index (κ3) is 3.69. The first-order valence-electron chi connectivity index (χ1n) is 8.97. The van der Waals surface area contributed by atoms with Crippen LogP contribution in [0.3, 0.4) is 0 Å². The van der Waals surface area contributed by atoms with Gasteiger partial charge in [-0.25, -0.2) is 0 Å². The normalized spacial score (nSPS) is 18.4. The first kappa shape index (κ1) is 19.4. The van der Waals surface area contributed by atoms with E-state index in [0.717, 1.165) is 5.75 Å². The maximum absolute atomic E-state index is 12.7. The van der Waals surface area contributed by atoms with Crippen LogP contribution in [0, 0.1) is 16.7 Å². The number of hydrogen-bond acceptors (Lipinski definition) is 4. The van der Waals surface area contributed by atoms with Gasteiger partial charge in [0.25, 0.3) is 0 Å². The van der Waals surface area contributed by atoms with Crippen molar-refractivity contribution in [2.75, 3.05) is 0 Å². The average Bonchev–Trinajstić information content (AvgIpc) is 3.02. The van der Waals surface area contributed by atoms with Gasteiger partial charge in [-0.1, -0.05) is 70.2 Å². The van der Waals surface area contributed by atoms with E-state index in [0.29, 0.717) is 11.3 Å². The third-order valence-electron chi connectivity index (χ3n) is 5.89. The Morgan fingerprint density at radius 1 is 1.00 bits per heavy atom. The van der Waals surface area contributed by atoms with Crippen molar-refractivity contribution in [2.24, 2.45) is 22.5 Å². The highest BCUT2D eigenvalue weighted by Gasteiger charge is 2.69. The Hall–Kier alpha value is -2.40. The first-order chi connectivity index (χ1) is 12.6. The Morgan fingerprint density at radius 3 is 2.15 bits per heavy atom. The number of carbonyl (C=O) groups is 1. The van der Waals surface area contributed by atoms with E-state index in [-0.39, 0.29) is 27.7 Å². The van der Waals surface area contributed by atoms with Crippen LogP contribution in [-0.2, 0) is 9.53 Å². The summed E-state index contributed by atoms with van der Waals surface area (Å²) >= 11 is 5.17. The number of hydrogen-bond donors (Lipinski definition) is 1. The van der Waals surface area contributed by atoms with Gasteiger partial charge in [0.2, 0.25) is 0 Å². The molecular weight excluding hydrogens is 358 g/mol. The standard InChI is InChI=1S/C22H25NO3S/c1-21(2)18(22(21,3)4)20(24)26-17(19(23)27)14-9-8-12-16(13-14)25-15-10-6-5-7-11-15/h5-13,17-18H,1-4H3,(H2,23,27). The molecule has 0 aromatic heterocycles. The van der Waals surface area contributed by atoms with Crippen LogP contribution in [0.15, 0.2) is 54.6 Å². The van der Waals surface area contributed by atoms with Crippen LogP contribution in [0.2, 0.25) is 0 Å². The molecule has 1 atom stereocenters. The summed E-state index contributed by atoms with van der Waals surface area (Å²) in [5, 5.41) is 0. The number of para-hydroxylation sites is 1. The van der Waals surface area contributed by atoms with Gasteiger partial charge in [0.15, 0.2) is 6.10 Å². The fourth-order valence-corrected chi connectivity index (χ4v) is 3.81. The van der Waals surface area contributed by atoms with Crippen molar-refractivity contribution < 1.29 is 14.3 Å². The number of esters is 1. The highest BCUT2D eigenvalue weighted by molar-refractivity contribution is 7.80. The highest BCUT2D eigenvalue weighted by Crippen LogP contribution is 2.68. The predicted molar refractivity (Wildman–Crippen MR) is 110 cm³/mol. The second kappa shape index (κ2) is 6.97. The van der Waals surface area contributed by atoms with Crippen molar-refractivity contribution in [3.8, 4) is 11.5 Å². The van der Waals surface area contributed by atoms with Gasteiger partial charge >= 0.3 is 5.97 Å². The number of ether oxygens (including phenoxy) is 2. The van der Waals surface area contributed by atoms with Crippen molar-refractivity contribution in [3.63, 3.8) is 0 Å². The molecule has 0 spiro atoms. The third-order valence-corrected chi connectivity index (χ3v) is 6.10. The monoisotopic (exact) mass is 383 g/mol. The van der Waals surface area contributed by atoms with Gasteiger partial charge in [-0.15, -0.1) is 0 Å². The molecule has 0 bridgehead atoms. The molecule has 3 rings (SSSR count). The van der Waals surface area contributed by atoms with Crippen LogP contribution >= 0.6 is 12.2 Å². The lowest BCUT2D eigenvalue weighted by atomic mass is 10.0. The molecule has 0 saturated heterocycles. The molecule has 27 heavy (non-hydrogen) atoms. The molecule has 0 aliphatic heterocycles. The number of thiocarbonyl (C=S) groups is 1. The van der Waals surface area contributed by atoms with Crippen LogP contribution in [0.5, 0.6) is 11.5 Å². The minimum absolute atomic E-state index is 0.108. The van der Waals surface area contributed by atoms with E-state index in [1.165, 1.54) is 0 Å². The summed E-state index contributed by atoms with van der Waals surface area (Å²) in [6.07, 6.45) is -0.779. The van der Waals surface area contributed by atoms with Gasteiger partial charge in [-0.05, 0) is 35.1 Å². The Balaban J connectivity index is 1.79. The van der Waals surface area contributed by atoms with Gasteiger partial charge in [0.1, 0.15) is 16.5 Å². The maximum Gasteiger partial charge on any atom is 0.311 e. The molecule has 142 valence electrons.